The molecule has 0 saturated carbocycles. The van der Waals surface area contributed by atoms with Crippen LogP contribution in [0.2, 0.25) is 0 Å². The molecule has 15 nitrogen and oxygen atoms in total. The fourth-order valence-corrected chi connectivity index (χ4v) is 7.64. The van der Waals surface area contributed by atoms with E-state index in [4.69, 9.17) is 0 Å². The molecule has 6 N–H and O–H groups in total. The van der Waals surface area contributed by atoms with Gasteiger partial charge >= 0.3 is 18.0 Å². The number of benzene rings is 6. The van der Waals surface area contributed by atoms with Gasteiger partial charge in [-0.05, 0) is 108 Å². The summed E-state index contributed by atoms with van der Waals surface area (Å²) in [5.74, 6) is -1.81. The van der Waals surface area contributed by atoms with E-state index in [2.05, 4.69) is 29.6 Å². The Hall–Kier alpha value is -6.85. The summed E-state index contributed by atoms with van der Waals surface area (Å²) in [6.45, 7) is 0. The number of esters is 2. The van der Waals surface area contributed by atoms with Crippen LogP contribution in [0.5, 0.6) is 11.5 Å². The fraction of sp³-hybridized carbons (Fsp3) is 0.0541. The third-order valence-corrected chi connectivity index (χ3v) is 10.8. The van der Waals surface area contributed by atoms with Gasteiger partial charge in [-0.2, -0.15) is 0 Å². The third kappa shape index (κ3) is 7.96. The highest BCUT2D eigenvalue weighted by Gasteiger charge is 2.20. The Balaban J connectivity index is 1.18. The highest BCUT2D eigenvalue weighted by molar-refractivity contribution is 7.93. The molecule has 6 aromatic rings. The van der Waals surface area contributed by atoms with Gasteiger partial charge in [0.2, 0.25) is 0 Å². The number of ether oxygens (including phenoxy) is 2. The summed E-state index contributed by atoms with van der Waals surface area (Å²) in [6.07, 6.45) is 0. The van der Waals surface area contributed by atoms with Gasteiger partial charge < -0.3 is 30.3 Å². The predicted octanol–water partition coefficient (Wildman–Crippen LogP) is 6.22. The number of sulfonamides is 2. The summed E-state index contributed by atoms with van der Waals surface area (Å²) < 4.78 is 66.9. The lowest BCUT2D eigenvalue weighted by atomic mass is 10.1. The summed E-state index contributed by atoms with van der Waals surface area (Å²) in [5.41, 5.74) is 1.27. The van der Waals surface area contributed by atoms with Crippen LogP contribution in [-0.2, 0) is 29.5 Å². The molecular weight excluding hydrogens is 741 g/mol. The topological polar surface area (TPSA) is 227 Å². The Morgan fingerprint density at radius 2 is 0.852 bits per heavy atom. The average Bonchev–Trinajstić information content (AvgIpc) is 3.14. The maximum Gasteiger partial charge on any atom is 0.337 e. The van der Waals surface area contributed by atoms with Gasteiger partial charge in [0.15, 0.2) is 0 Å². The van der Waals surface area contributed by atoms with Gasteiger partial charge in [0, 0.05) is 45.7 Å². The van der Waals surface area contributed by atoms with Crippen molar-refractivity contribution in [2.24, 2.45) is 0 Å². The number of urea groups is 1. The van der Waals surface area contributed by atoms with Crippen LogP contribution in [0.4, 0.5) is 27.5 Å². The maximum absolute atomic E-state index is 13.2. The smallest absolute Gasteiger partial charge is 0.337 e. The molecule has 2 amide bonds. The first-order valence-corrected chi connectivity index (χ1v) is 18.7. The second kappa shape index (κ2) is 14.6. The quantitative estimate of drug-likeness (QED) is 0.0857. The lowest BCUT2D eigenvalue weighted by Gasteiger charge is -2.13. The monoisotopic (exact) mass is 770 g/mol. The number of aromatic hydroxyl groups is 2. The normalized spacial score (nSPS) is 11.4. The predicted molar refractivity (Wildman–Crippen MR) is 201 cm³/mol. The van der Waals surface area contributed by atoms with E-state index in [1.165, 1.54) is 111 Å². The Bertz CT molecular complexity index is 2500. The first-order valence-electron chi connectivity index (χ1n) is 15.7. The molecule has 276 valence electrons. The lowest BCUT2D eigenvalue weighted by molar-refractivity contribution is 0.0592. The van der Waals surface area contributed by atoms with Crippen LogP contribution in [-0.4, -0.2) is 59.2 Å². The zero-order valence-electron chi connectivity index (χ0n) is 28.3. The molecule has 0 aliphatic heterocycles. The van der Waals surface area contributed by atoms with E-state index in [9.17, 15) is 41.4 Å². The van der Waals surface area contributed by atoms with E-state index in [1.54, 1.807) is 0 Å². The molecule has 54 heavy (non-hydrogen) atoms. The molecule has 0 saturated heterocycles. The standard InChI is InChI=1S/C37H30N4O11S2/c1-51-35(44)21-3-7-25(8-4-21)40-53(47,48)29-17-23-15-27(11-13-31(23)33(42)19-29)38-37(46)39-28-12-14-32-24(16-28)18-30(20-34(32)43)54(49,50)41-26-9-5-22(6-10-26)36(45)52-2/h3-20,40-43H,1-2H3,(H2,38,39,46). The highest BCUT2D eigenvalue weighted by atomic mass is 32.2. The van der Waals surface area contributed by atoms with Gasteiger partial charge in [-0.3, -0.25) is 9.44 Å². The van der Waals surface area contributed by atoms with E-state index in [1.807, 2.05) is 0 Å². The number of methoxy groups -OCH3 is 2. The molecule has 6 aromatic carbocycles. The minimum Gasteiger partial charge on any atom is -0.507 e. The minimum absolute atomic E-state index is 0.164. The van der Waals surface area contributed by atoms with E-state index < -0.39 is 38.0 Å². The van der Waals surface area contributed by atoms with Crippen molar-refractivity contribution in [3.05, 3.63) is 120 Å². The largest absolute Gasteiger partial charge is 0.507 e. The number of rotatable bonds is 10. The fourth-order valence-electron chi connectivity index (χ4n) is 5.42. The number of hydrogen-bond acceptors (Lipinski definition) is 11. The number of carbonyl (C=O) groups is 3. The van der Waals surface area contributed by atoms with Crippen molar-refractivity contribution in [2.75, 3.05) is 34.3 Å². The molecule has 0 fully saturated rings. The second-order valence-corrected chi connectivity index (χ2v) is 15.0. The number of amides is 2. The molecule has 0 aromatic heterocycles. The van der Waals surface area contributed by atoms with Gasteiger partial charge in [0.1, 0.15) is 11.5 Å². The lowest BCUT2D eigenvalue weighted by Crippen LogP contribution is -2.19. The molecule has 0 heterocycles. The van der Waals surface area contributed by atoms with E-state index in [-0.39, 0.29) is 65.9 Å². The Labute approximate surface area is 308 Å². The van der Waals surface area contributed by atoms with Gasteiger partial charge in [0.05, 0.1) is 35.1 Å². The molecular formula is C37H30N4O11S2. The minimum atomic E-state index is -4.20. The van der Waals surface area contributed by atoms with E-state index >= 15 is 0 Å². The van der Waals surface area contributed by atoms with Gasteiger partial charge in [-0.15, -0.1) is 0 Å². The Kier molecular flexibility index (Phi) is 10.0. The number of carbonyl (C=O) groups excluding carboxylic acids is 3. The van der Waals surface area contributed by atoms with Crippen LogP contribution in [0.25, 0.3) is 21.5 Å². The Morgan fingerprint density at radius 1 is 0.500 bits per heavy atom. The number of fused-ring (bicyclic) bond motifs is 2. The molecule has 17 heteroatoms. The molecule has 0 atom stereocenters. The number of phenols is 2. The molecule has 0 bridgehead atoms. The molecule has 0 aliphatic rings. The number of nitrogens with one attached hydrogen (secondary N) is 4. The summed E-state index contributed by atoms with van der Waals surface area (Å²) in [7, 11) is -5.95. The van der Waals surface area contributed by atoms with Crippen LogP contribution in [0, 0.1) is 0 Å². The van der Waals surface area contributed by atoms with Gasteiger partial charge in [-0.1, -0.05) is 0 Å². The maximum atomic E-state index is 13.2. The number of anilines is 4. The molecule has 0 unspecified atom stereocenters. The van der Waals surface area contributed by atoms with Crippen LogP contribution in [0.1, 0.15) is 20.7 Å². The SMILES string of the molecule is COC(=O)c1ccc(NS(=O)(=O)c2cc(O)c3ccc(NC(=O)Nc4ccc5c(O)cc(S(=O)(=O)Nc6ccc(C(=O)OC)cc6)cc5c4)cc3c2)cc1. The molecule has 0 aliphatic carbocycles. The first-order chi connectivity index (χ1) is 25.6. The van der Waals surface area contributed by atoms with Crippen molar-refractivity contribution in [2.45, 2.75) is 9.79 Å². The number of hydrogen-bond donors (Lipinski definition) is 6. The average molecular weight is 771 g/mol. The number of phenolic OH excluding ortho intramolecular Hbond substituents is 2. The Morgan fingerprint density at radius 3 is 1.20 bits per heavy atom. The summed E-state index contributed by atoms with van der Waals surface area (Å²) in [4.78, 5) is 35.9. The van der Waals surface area contributed by atoms with Crippen LogP contribution < -0.4 is 20.1 Å². The van der Waals surface area contributed by atoms with Crippen molar-refractivity contribution >= 4 is 82.3 Å². The second-order valence-electron chi connectivity index (χ2n) is 11.7. The summed E-state index contributed by atoms with van der Waals surface area (Å²) >= 11 is 0. The summed E-state index contributed by atoms with van der Waals surface area (Å²) in [6, 6.07) is 24.1. The zero-order chi connectivity index (χ0) is 38.8. The molecule has 6 rings (SSSR count). The van der Waals surface area contributed by atoms with Crippen LogP contribution in [0.15, 0.2) is 119 Å². The van der Waals surface area contributed by atoms with Gasteiger partial charge in [-0.25, -0.2) is 31.2 Å². The van der Waals surface area contributed by atoms with Crippen molar-refractivity contribution < 1.29 is 50.9 Å². The third-order valence-electron chi connectivity index (χ3n) is 8.06. The van der Waals surface area contributed by atoms with Crippen LogP contribution in [0.3, 0.4) is 0 Å². The van der Waals surface area contributed by atoms with Crippen molar-refractivity contribution in [3.8, 4) is 11.5 Å². The first kappa shape index (κ1) is 36.9. The van der Waals surface area contributed by atoms with Crippen molar-refractivity contribution in [1.29, 1.82) is 0 Å². The molecule has 0 radical (unpaired) electrons. The van der Waals surface area contributed by atoms with E-state index in [0.717, 1.165) is 12.1 Å². The van der Waals surface area contributed by atoms with Crippen molar-refractivity contribution in [1.82, 2.24) is 0 Å². The van der Waals surface area contributed by atoms with E-state index in [0.29, 0.717) is 10.8 Å². The zero-order valence-corrected chi connectivity index (χ0v) is 29.9. The highest BCUT2D eigenvalue weighted by Crippen LogP contribution is 2.33. The van der Waals surface area contributed by atoms with Gasteiger partial charge in [0.25, 0.3) is 20.0 Å². The molecule has 0 spiro atoms. The van der Waals surface area contributed by atoms with Crippen LogP contribution >= 0.6 is 0 Å². The van der Waals surface area contributed by atoms with Crippen molar-refractivity contribution in [3.63, 3.8) is 0 Å². The summed E-state index contributed by atoms with van der Waals surface area (Å²) in [5, 5.41) is 27.8.